The number of hydrogen-bond acceptors (Lipinski definition) is 2. The Morgan fingerprint density at radius 1 is 1.70 bits per heavy atom. The molecule has 0 rings (SSSR count). The molecule has 1 atom stereocenters. The molecule has 4 heteroatoms. The van der Waals surface area contributed by atoms with Crippen LogP contribution in [0.15, 0.2) is 0 Å². The normalized spacial score (nSPS) is 12.6. The van der Waals surface area contributed by atoms with Crippen LogP contribution < -0.4 is 16.8 Å². The van der Waals surface area contributed by atoms with E-state index in [9.17, 15) is 4.79 Å². The number of nitrogens with one attached hydrogen (secondary N) is 1. The second-order valence-electron chi connectivity index (χ2n) is 2.43. The van der Waals surface area contributed by atoms with E-state index in [2.05, 4.69) is 5.32 Å². The summed E-state index contributed by atoms with van der Waals surface area (Å²) in [7, 11) is 0. The third kappa shape index (κ3) is 5.37. The highest BCUT2D eigenvalue weighted by atomic mass is 16.2. The monoisotopic (exact) mass is 145 g/mol. The molecule has 0 aromatic carbocycles. The molecule has 0 spiro atoms. The lowest BCUT2D eigenvalue weighted by Crippen LogP contribution is -2.33. The Balaban J connectivity index is 3.21. The van der Waals surface area contributed by atoms with Crippen molar-refractivity contribution in [2.45, 2.75) is 13.3 Å². The first-order valence-electron chi connectivity index (χ1n) is 3.40. The maximum atomic E-state index is 10.2. The van der Waals surface area contributed by atoms with Crippen LogP contribution in [0.25, 0.3) is 0 Å². The van der Waals surface area contributed by atoms with Gasteiger partial charge in [-0.2, -0.15) is 0 Å². The van der Waals surface area contributed by atoms with Gasteiger partial charge in [-0.1, -0.05) is 6.92 Å². The van der Waals surface area contributed by atoms with E-state index in [0.29, 0.717) is 19.0 Å². The van der Waals surface area contributed by atoms with Gasteiger partial charge in [-0.15, -0.1) is 0 Å². The predicted octanol–water partition coefficient (Wildman–Crippen LogP) is -0.360. The number of urea groups is 1. The van der Waals surface area contributed by atoms with Crippen molar-refractivity contribution in [3.63, 3.8) is 0 Å². The maximum absolute atomic E-state index is 10.2. The van der Waals surface area contributed by atoms with Crippen LogP contribution in [-0.2, 0) is 0 Å². The summed E-state index contributed by atoms with van der Waals surface area (Å²) in [6.45, 7) is 3.29. The molecule has 1 unspecified atom stereocenters. The number of amides is 2. The predicted molar refractivity (Wildman–Crippen MR) is 40.4 cm³/mol. The van der Waals surface area contributed by atoms with Gasteiger partial charge < -0.3 is 16.8 Å². The molecule has 0 radical (unpaired) electrons. The Hall–Kier alpha value is -0.770. The van der Waals surface area contributed by atoms with Crippen LogP contribution in [0.1, 0.15) is 13.3 Å². The van der Waals surface area contributed by atoms with E-state index < -0.39 is 6.03 Å². The quantitative estimate of drug-likeness (QED) is 0.505. The van der Waals surface area contributed by atoms with Gasteiger partial charge in [-0.05, 0) is 18.9 Å². The fourth-order valence-electron chi connectivity index (χ4n) is 0.661. The van der Waals surface area contributed by atoms with Gasteiger partial charge in [0, 0.05) is 6.54 Å². The summed E-state index contributed by atoms with van der Waals surface area (Å²) in [5.41, 5.74) is 10.1. The van der Waals surface area contributed by atoms with Crippen molar-refractivity contribution in [3.8, 4) is 0 Å². The molecular formula is C6H15N3O. The average molecular weight is 145 g/mol. The van der Waals surface area contributed by atoms with Crippen LogP contribution in [0.4, 0.5) is 4.79 Å². The molecule has 0 aromatic heterocycles. The van der Waals surface area contributed by atoms with Crippen molar-refractivity contribution in [1.82, 2.24) is 5.32 Å². The zero-order chi connectivity index (χ0) is 7.98. The van der Waals surface area contributed by atoms with Gasteiger partial charge in [0.1, 0.15) is 0 Å². The van der Waals surface area contributed by atoms with E-state index in [4.69, 9.17) is 11.5 Å². The Morgan fingerprint density at radius 2 is 2.30 bits per heavy atom. The van der Waals surface area contributed by atoms with Gasteiger partial charge >= 0.3 is 6.03 Å². The largest absolute Gasteiger partial charge is 0.352 e. The molecule has 0 aliphatic carbocycles. The highest BCUT2D eigenvalue weighted by molar-refractivity contribution is 5.71. The number of primary amides is 1. The van der Waals surface area contributed by atoms with Crippen molar-refractivity contribution < 1.29 is 4.79 Å². The third-order valence-corrected chi connectivity index (χ3v) is 1.28. The molecule has 2 amide bonds. The van der Waals surface area contributed by atoms with Crippen LogP contribution in [0.5, 0.6) is 0 Å². The zero-order valence-corrected chi connectivity index (χ0v) is 6.26. The summed E-state index contributed by atoms with van der Waals surface area (Å²) < 4.78 is 0. The molecule has 4 nitrogen and oxygen atoms in total. The minimum Gasteiger partial charge on any atom is -0.352 e. The van der Waals surface area contributed by atoms with Crippen molar-refractivity contribution >= 4 is 6.03 Å². The van der Waals surface area contributed by atoms with Crippen molar-refractivity contribution in [2.75, 3.05) is 13.1 Å². The number of rotatable bonds is 4. The highest BCUT2D eigenvalue weighted by Gasteiger charge is 2.00. The number of hydrogen-bond donors (Lipinski definition) is 3. The minimum atomic E-state index is -0.469. The summed E-state index contributed by atoms with van der Waals surface area (Å²) in [6.07, 6.45) is 0.917. The Labute approximate surface area is 61.0 Å². The molecule has 0 aliphatic rings. The maximum Gasteiger partial charge on any atom is 0.312 e. The highest BCUT2D eigenvalue weighted by Crippen LogP contribution is 1.96. The first kappa shape index (κ1) is 9.23. The molecule has 0 aromatic rings. The summed E-state index contributed by atoms with van der Waals surface area (Å²) >= 11 is 0. The first-order chi connectivity index (χ1) is 4.66. The number of nitrogens with two attached hydrogens (primary N) is 2. The van der Waals surface area contributed by atoms with E-state index in [0.717, 1.165) is 6.42 Å². The van der Waals surface area contributed by atoms with E-state index in [1.807, 2.05) is 6.92 Å². The smallest absolute Gasteiger partial charge is 0.312 e. The first-order valence-corrected chi connectivity index (χ1v) is 3.40. The van der Waals surface area contributed by atoms with Crippen LogP contribution in [-0.4, -0.2) is 19.1 Å². The Kier molecular flexibility index (Phi) is 4.66. The van der Waals surface area contributed by atoms with Crippen LogP contribution in [0, 0.1) is 5.92 Å². The number of carbonyl (C=O) groups excluding carboxylic acids is 1. The SMILES string of the molecule is CC(CCN)CNC(N)=O. The second kappa shape index (κ2) is 5.05. The lowest BCUT2D eigenvalue weighted by molar-refractivity contribution is 0.247. The summed E-state index contributed by atoms with van der Waals surface area (Å²) in [5.74, 6) is 0.414. The van der Waals surface area contributed by atoms with Crippen LogP contribution in [0.3, 0.4) is 0 Å². The van der Waals surface area contributed by atoms with Gasteiger partial charge in [0.25, 0.3) is 0 Å². The molecule has 0 aliphatic heterocycles. The zero-order valence-electron chi connectivity index (χ0n) is 6.26. The van der Waals surface area contributed by atoms with E-state index in [1.165, 1.54) is 0 Å². The Bertz CT molecular complexity index is 105. The summed E-state index contributed by atoms with van der Waals surface area (Å²) in [6, 6.07) is -0.469. The van der Waals surface area contributed by atoms with E-state index in [-0.39, 0.29) is 0 Å². The standard InChI is InChI=1S/C6H15N3O/c1-5(2-3-7)4-9-6(8)10/h5H,2-4,7H2,1H3,(H3,8,9,10). The second-order valence-corrected chi connectivity index (χ2v) is 2.43. The molecule has 0 saturated carbocycles. The number of carbonyl (C=O) groups is 1. The van der Waals surface area contributed by atoms with Crippen molar-refractivity contribution in [3.05, 3.63) is 0 Å². The van der Waals surface area contributed by atoms with Crippen molar-refractivity contribution in [1.29, 1.82) is 0 Å². The van der Waals surface area contributed by atoms with Crippen LogP contribution >= 0.6 is 0 Å². The molecule has 0 saturated heterocycles. The van der Waals surface area contributed by atoms with Gasteiger partial charge in [0.15, 0.2) is 0 Å². The summed E-state index contributed by atoms with van der Waals surface area (Å²) in [4.78, 5) is 10.2. The topological polar surface area (TPSA) is 81.1 Å². The summed E-state index contributed by atoms with van der Waals surface area (Å²) in [5, 5.41) is 2.51. The molecule has 60 valence electrons. The lowest BCUT2D eigenvalue weighted by Gasteiger charge is -2.08. The third-order valence-electron chi connectivity index (χ3n) is 1.28. The van der Waals surface area contributed by atoms with E-state index in [1.54, 1.807) is 0 Å². The molecule has 0 heterocycles. The van der Waals surface area contributed by atoms with Crippen molar-refractivity contribution in [2.24, 2.45) is 17.4 Å². The van der Waals surface area contributed by atoms with Gasteiger partial charge in [-0.25, -0.2) is 4.79 Å². The van der Waals surface area contributed by atoms with Gasteiger partial charge in [-0.3, -0.25) is 0 Å². The lowest BCUT2D eigenvalue weighted by atomic mass is 10.1. The fraction of sp³-hybridized carbons (Fsp3) is 0.833. The van der Waals surface area contributed by atoms with E-state index >= 15 is 0 Å². The van der Waals surface area contributed by atoms with Crippen LogP contribution in [0.2, 0.25) is 0 Å². The molecular weight excluding hydrogens is 130 g/mol. The minimum absolute atomic E-state index is 0.414. The fourth-order valence-corrected chi connectivity index (χ4v) is 0.661. The Morgan fingerprint density at radius 3 is 2.70 bits per heavy atom. The van der Waals surface area contributed by atoms with Gasteiger partial charge in [0.05, 0.1) is 0 Å². The average Bonchev–Trinajstić information content (AvgIpc) is 1.85. The molecule has 5 N–H and O–H groups in total. The molecule has 10 heavy (non-hydrogen) atoms. The van der Waals surface area contributed by atoms with Gasteiger partial charge in [0.2, 0.25) is 0 Å². The molecule has 0 bridgehead atoms. The molecule has 0 fully saturated rings.